The minimum absolute atomic E-state index is 0.553. The number of aryl methyl sites for hydroxylation is 1. The molecule has 0 amide bonds. The lowest BCUT2D eigenvalue weighted by atomic mass is 10.1. The summed E-state index contributed by atoms with van der Waals surface area (Å²) in [5.74, 6) is 2.69. The molecule has 0 saturated heterocycles. The zero-order chi connectivity index (χ0) is 18.2. The largest absolute Gasteiger partial charge is 0.496 e. The van der Waals surface area contributed by atoms with Gasteiger partial charge in [0.15, 0.2) is 5.96 Å². The molecule has 1 aromatic rings. The highest BCUT2D eigenvalue weighted by molar-refractivity contribution is 5.79. The smallest absolute Gasteiger partial charge is 0.191 e. The first kappa shape index (κ1) is 19.6. The van der Waals surface area contributed by atoms with Crippen molar-refractivity contribution >= 4 is 5.96 Å². The number of nitrogens with one attached hydrogen (secondary N) is 2. The van der Waals surface area contributed by atoms with Crippen LogP contribution in [0.3, 0.4) is 0 Å². The summed E-state index contributed by atoms with van der Waals surface area (Å²) >= 11 is 0. The summed E-state index contributed by atoms with van der Waals surface area (Å²) < 4.78 is 5.41. The van der Waals surface area contributed by atoms with E-state index in [0.29, 0.717) is 6.04 Å². The highest BCUT2D eigenvalue weighted by Gasteiger charge is 2.32. The second kappa shape index (κ2) is 9.66. The van der Waals surface area contributed by atoms with E-state index in [9.17, 15) is 0 Å². The Morgan fingerprint density at radius 2 is 2.08 bits per heavy atom. The van der Waals surface area contributed by atoms with Gasteiger partial charge in [0.2, 0.25) is 0 Å². The number of rotatable bonds is 9. The molecular weight excluding hydrogens is 312 g/mol. The number of ether oxygens (including phenoxy) is 1. The highest BCUT2D eigenvalue weighted by atomic mass is 16.5. The topological polar surface area (TPSA) is 48.9 Å². The van der Waals surface area contributed by atoms with E-state index in [1.807, 2.05) is 0 Å². The maximum atomic E-state index is 5.41. The van der Waals surface area contributed by atoms with Crippen LogP contribution in [0.4, 0.5) is 0 Å². The van der Waals surface area contributed by atoms with Gasteiger partial charge in [-0.05, 0) is 70.3 Å². The first-order chi connectivity index (χ1) is 12.0. The SMILES string of the molecule is CCNC(=NCC(C1CC1)N(C)C)NCCc1ccc(C)c(OC)c1. The van der Waals surface area contributed by atoms with Crippen LogP contribution < -0.4 is 15.4 Å². The number of methoxy groups -OCH3 is 1. The van der Waals surface area contributed by atoms with Crippen LogP contribution in [0.1, 0.15) is 30.9 Å². The standard InChI is InChI=1S/C20H34N4O/c1-6-21-20(23-14-18(24(3)4)17-9-10-17)22-12-11-16-8-7-15(2)19(13-16)25-5/h7-8,13,17-18H,6,9-12,14H2,1-5H3,(H2,21,22,23). The monoisotopic (exact) mass is 346 g/mol. The molecule has 2 rings (SSSR count). The quantitative estimate of drug-likeness (QED) is 0.533. The van der Waals surface area contributed by atoms with Crippen molar-refractivity contribution in [3.05, 3.63) is 29.3 Å². The molecule has 25 heavy (non-hydrogen) atoms. The van der Waals surface area contributed by atoms with Crippen LogP contribution in [0, 0.1) is 12.8 Å². The van der Waals surface area contributed by atoms with Crippen LogP contribution in [-0.4, -0.2) is 57.7 Å². The van der Waals surface area contributed by atoms with Crippen LogP contribution in [-0.2, 0) is 6.42 Å². The summed E-state index contributed by atoms with van der Waals surface area (Å²) in [5.41, 5.74) is 2.44. The van der Waals surface area contributed by atoms with Gasteiger partial charge in [-0.15, -0.1) is 0 Å². The zero-order valence-corrected chi connectivity index (χ0v) is 16.4. The van der Waals surface area contributed by atoms with Gasteiger partial charge in [-0.1, -0.05) is 12.1 Å². The van der Waals surface area contributed by atoms with Gasteiger partial charge in [0.05, 0.1) is 13.7 Å². The van der Waals surface area contributed by atoms with Crippen LogP contribution in [0.25, 0.3) is 0 Å². The molecule has 0 aliphatic heterocycles. The third kappa shape index (κ3) is 6.24. The summed E-state index contributed by atoms with van der Waals surface area (Å²) in [5, 5.41) is 6.80. The van der Waals surface area contributed by atoms with Crippen molar-refractivity contribution in [2.75, 3.05) is 40.8 Å². The zero-order valence-electron chi connectivity index (χ0n) is 16.4. The van der Waals surface area contributed by atoms with Gasteiger partial charge in [-0.2, -0.15) is 0 Å². The Morgan fingerprint density at radius 1 is 1.32 bits per heavy atom. The van der Waals surface area contributed by atoms with Gasteiger partial charge in [0.1, 0.15) is 5.75 Å². The van der Waals surface area contributed by atoms with Gasteiger partial charge in [-0.3, -0.25) is 4.99 Å². The number of guanidine groups is 1. The van der Waals surface area contributed by atoms with E-state index in [1.165, 1.54) is 24.0 Å². The third-order valence-corrected chi connectivity index (χ3v) is 4.79. The number of likely N-dealkylation sites (N-methyl/N-ethyl adjacent to an activating group) is 1. The van der Waals surface area contributed by atoms with Crippen molar-refractivity contribution in [1.29, 1.82) is 0 Å². The molecule has 1 atom stereocenters. The number of hydrogen-bond acceptors (Lipinski definition) is 3. The van der Waals surface area contributed by atoms with E-state index in [-0.39, 0.29) is 0 Å². The Bertz CT molecular complexity index is 565. The van der Waals surface area contributed by atoms with Crippen molar-refractivity contribution in [2.24, 2.45) is 10.9 Å². The minimum atomic E-state index is 0.553. The summed E-state index contributed by atoms with van der Waals surface area (Å²) in [4.78, 5) is 7.11. The second-order valence-electron chi connectivity index (χ2n) is 7.07. The molecule has 1 fully saturated rings. The van der Waals surface area contributed by atoms with Gasteiger partial charge >= 0.3 is 0 Å². The van der Waals surface area contributed by atoms with Crippen LogP contribution in [0.2, 0.25) is 0 Å². The molecule has 5 nitrogen and oxygen atoms in total. The first-order valence-corrected chi connectivity index (χ1v) is 9.37. The number of benzene rings is 1. The van der Waals surface area contributed by atoms with E-state index < -0.39 is 0 Å². The van der Waals surface area contributed by atoms with Crippen molar-refractivity contribution in [3.63, 3.8) is 0 Å². The van der Waals surface area contributed by atoms with Crippen LogP contribution in [0.5, 0.6) is 5.75 Å². The van der Waals surface area contributed by atoms with Crippen molar-refractivity contribution in [2.45, 2.75) is 39.2 Å². The van der Waals surface area contributed by atoms with Gasteiger partial charge in [0.25, 0.3) is 0 Å². The molecule has 1 saturated carbocycles. The molecule has 0 aromatic heterocycles. The molecule has 1 unspecified atom stereocenters. The first-order valence-electron chi connectivity index (χ1n) is 9.37. The predicted octanol–water partition coefficient (Wildman–Crippen LogP) is 2.44. The fourth-order valence-electron chi connectivity index (χ4n) is 3.09. The highest BCUT2D eigenvalue weighted by Crippen LogP contribution is 2.34. The van der Waals surface area contributed by atoms with Crippen molar-refractivity contribution in [1.82, 2.24) is 15.5 Å². The Balaban J connectivity index is 1.87. The average Bonchev–Trinajstić information content (AvgIpc) is 3.41. The van der Waals surface area contributed by atoms with Crippen molar-refractivity contribution in [3.8, 4) is 5.75 Å². The second-order valence-corrected chi connectivity index (χ2v) is 7.07. The van der Waals surface area contributed by atoms with E-state index in [2.05, 4.69) is 61.7 Å². The Hall–Kier alpha value is -1.75. The summed E-state index contributed by atoms with van der Waals surface area (Å²) in [6, 6.07) is 6.96. The van der Waals surface area contributed by atoms with Gasteiger partial charge < -0.3 is 20.3 Å². The fraction of sp³-hybridized carbons (Fsp3) is 0.650. The van der Waals surface area contributed by atoms with E-state index >= 15 is 0 Å². The number of hydrogen-bond donors (Lipinski definition) is 2. The molecule has 140 valence electrons. The lowest BCUT2D eigenvalue weighted by molar-refractivity contribution is 0.271. The minimum Gasteiger partial charge on any atom is -0.496 e. The number of nitrogens with zero attached hydrogens (tertiary/aromatic N) is 2. The Kier molecular flexibility index (Phi) is 7.56. The lowest BCUT2D eigenvalue weighted by Crippen LogP contribution is -2.40. The molecule has 0 radical (unpaired) electrons. The molecular formula is C20H34N4O. The molecule has 0 bridgehead atoms. The molecule has 1 aliphatic carbocycles. The predicted molar refractivity (Wildman–Crippen MR) is 106 cm³/mol. The maximum Gasteiger partial charge on any atom is 0.191 e. The normalized spacial score (nSPS) is 16.0. The molecule has 2 N–H and O–H groups in total. The fourth-order valence-corrected chi connectivity index (χ4v) is 3.09. The van der Waals surface area contributed by atoms with Gasteiger partial charge in [0, 0.05) is 19.1 Å². The molecule has 5 heteroatoms. The van der Waals surface area contributed by atoms with E-state index in [0.717, 1.165) is 43.7 Å². The van der Waals surface area contributed by atoms with Crippen molar-refractivity contribution < 1.29 is 4.74 Å². The summed E-state index contributed by atoms with van der Waals surface area (Å²) in [6.07, 6.45) is 3.63. The molecule has 0 spiro atoms. The molecule has 1 aromatic carbocycles. The average molecular weight is 347 g/mol. The maximum absolute atomic E-state index is 5.41. The third-order valence-electron chi connectivity index (χ3n) is 4.79. The lowest BCUT2D eigenvalue weighted by Gasteiger charge is -2.23. The molecule has 1 aliphatic rings. The Labute approximate surface area is 152 Å². The summed E-state index contributed by atoms with van der Waals surface area (Å²) in [6.45, 7) is 6.75. The van der Waals surface area contributed by atoms with Crippen LogP contribution >= 0.6 is 0 Å². The number of aliphatic imine (C=N–C) groups is 1. The van der Waals surface area contributed by atoms with Gasteiger partial charge in [-0.25, -0.2) is 0 Å². The Morgan fingerprint density at radius 3 is 2.68 bits per heavy atom. The van der Waals surface area contributed by atoms with Crippen LogP contribution in [0.15, 0.2) is 23.2 Å². The van der Waals surface area contributed by atoms with E-state index in [4.69, 9.17) is 9.73 Å². The summed E-state index contributed by atoms with van der Waals surface area (Å²) in [7, 11) is 6.04. The molecule has 0 heterocycles. The van der Waals surface area contributed by atoms with E-state index in [1.54, 1.807) is 7.11 Å².